The number of nitrogens with zero attached hydrogens (tertiary/aromatic N) is 1. The number of piperidine rings is 1. The number of hydrogen-bond acceptors (Lipinski definition) is 6. The second kappa shape index (κ2) is 9.17. The number of halogens is 1. The third kappa shape index (κ3) is 4.75. The second-order valence-electron chi connectivity index (χ2n) is 9.35. The van der Waals surface area contributed by atoms with Gasteiger partial charge < -0.3 is 27.4 Å². The van der Waals surface area contributed by atoms with Crippen molar-refractivity contribution in [3.05, 3.63) is 23.0 Å². The van der Waals surface area contributed by atoms with Gasteiger partial charge >= 0.3 is 0 Å². The monoisotopic (exact) mass is 476 g/mol. The quantitative estimate of drug-likeness (QED) is 0.341. The van der Waals surface area contributed by atoms with E-state index in [9.17, 15) is 19.2 Å². The fourth-order valence-electron chi connectivity index (χ4n) is 4.93. The number of rotatable bonds is 9. The van der Waals surface area contributed by atoms with E-state index in [2.05, 4.69) is 20.9 Å². The first-order chi connectivity index (χ1) is 15.7. The van der Waals surface area contributed by atoms with Crippen LogP contribution in [0.15, 0.2) is 12.4 Å². The number of aromatic nitrogens is 1. The molecule has 7 N–H and O–H groups in total. The Kier molecular flexibility index (Phi) is 6.47. The minimum absolute atomic E-state index is 0.107. The van der Waals surface area contributed by atoms with Crippen LogP contribution in [-0.4, -0.2) is 46.7 Å². The first-order valence-electron chi connectivity index (χ1n) is 11.3. The van der Waals surface area contributed by atoms with E-state index in [0.717, 1.165) is 19.3 Å². The largest absolute Gasteiger partial charge is 0.369 e. The van der Waals surface area contributed by atoms with Gasteiger partial charge in [-0.25, -0.2) is 0 Å². The standard InChI is InChI=1S/C22H29ClN6O4/c23-15-9-26-10-17-13(15)8-22(29-17,21(25)33)14(6-11-3-4-11)20(32)28-16(18(24)30)7-12-2-1-5-27-19(12)31/h9-12,14,16,29H,1-8H2,(H2,24,30)(H2,25,33)(H,27,31)(H,28,32)/t12-,14+,16-,22?/m0/s1. The predicted molar refractivity (Wildman–Crippen MR) is 121 cm³/mol. The summed E-state index contributed by atoms with van der Waals surface area (Å²) >= 11 is 6.30. The Morgan fingerprint density at radius 2 is 1.97 bits per heavy atom. The molecule has 4 atom stereocenters. The van der Waals surface area contributed by atoms with Gasteiger partial charge in [0.1, 0.15) is 11.6 Å². The minimum atomic E-state index is -1.41. The molecule has 1 unspecified atom stereocenters. The zero-order valence-electron chi connectivity index (χ0n) is 18.2. The molecule has 11 heteroatoms. The van der Waals surface area contributed by atoms with E-state index in [-0.39, 0.29) is 24.7 Å². The lowest BCUT2D eigenvalue weighted by molar-refractivity contribution is -0.136. The zero-order valence-corrected chi connectivity index (χ0v) is 19.0. The molecular weight excluding hydrogens is 448 g/mol. The highest BCUT2D eigenvalue weighted by Crippen LogP contribution is 2.45. The summed E-state index contributed by atoms with van der Waals surface area (Å²) in [5.74, 6) is -3.04. The summed E-state index contributed by atoms with van der Waals surface area (Å²) < 4.78 is 0. The Hall–Kier alpha value is -2.88. The molecule has 1 saturated carbocycles. The van der Waals surface area contributed by atoms with Gasteiger partial charge in [0, 0.05) is 25.1 Å². The number of primary amides is 2. The van der Waals surface area contributed by atoms with Crippen molar-refractivity contribution < 1.29 is 19.2 Å². The summed E-state index contributed by atoms with van der Waals surface area (Å²) in [5.41, 5.74) is 11.3. The first-order valence-corrected chi connectivity index (χ1v) is 11.7. The van der Waals surface area contributed by atoms with Gasteiger partial charge in [0.05, 0.1) is 22.8 Å². The number of amides is 4. The molecule has 0 radical (unpaired) electrons. The number of fused-ring (bicyclic) bond motifs is 1. The van der Waals surface area contributed by atoms with Gasteiger partial charge in [-0.1, -0.05) is 24.4 Å². The van der Waals surface area contributed by atoms with Crippen molar-refractivity contribution in [1.82, 2.24) is 15.6 Å². The summed E-state index contributed by atoms with van der Waals surface area (Å²) in [6, 6.07) is -1.04. The summed E-state index contributed by atoms with van der Waals surface area (Å²) in [6.45, 7) is 0.594. The molecule has 4 amide bonds. The van der Waals surface area contributed by atoms with Crippen molar-refractivity contribution in [1.29, 1.82) is 0 Å². The summed E-state index contributed by atoms with van der Waals surface area (Å²) in [5, 5.41) is 9.01. The summed E-state index contributed by atoms with van der Waals surface area (Å²) in [6.07, 6.45) is 7.01. The third-order valence-electron chi connectivity index (χ3n) is 7.01. The van der Waals surface area contributed by atoms with E-state index >= 15 is 0 Å². The molecule has 3 aliphatic rings. The SMILES string of the molecule is NC(=O)[C@H](C[C@@H]1CCCNC1=O)NC(=O)[C@@H](CC1CC1)C1(C(N)=O)Cc2c(Cl)cncc2N1. The van der Waals surface area contributed by atoms with Crippen molar-refractivity contribution in [3.8, 4) is 0 Å². The maximum atomic E-state index is 13.6. The molecule has 3 heterocycles. The number of hydrogen-bond donors (Lipinski definition) is 5. The van der Waals surface area contributed by atoms with Crippen molar-refractivity contribution in [3.63, 3.8) is 0 Å². The molecule has 1 saturated heterocycles. The Labute approximate surface area is 196 Å². The van der Waals surface area contributed by atoms with Crippen LogP contribution in [0.1, 0.15) is 44.1 Å². The van der Waals surface area contributed by atoms with Crippen LogP contribution >= 0.6 is 11.6 Å². The maximum absolute atomic E-state index is 13.6. The third-order valence-corrected chi connectivity index (χ3v) is 7.34. The lowest BCUT2D eigenvalue weighted by atomic mass is 9.77. The molecule has 2 aliphatic heterocycles. The van der Waals surface area contributed by atoms with Crippen molar-refractivity contribution in [2.24, 2.45) is 29.2 Å². The van der Waals surface area contributed by atoms with E-state index in [1.165, 1.54) is 6.20 Å². The predicted octanol–water partition coefficient (Wildman–Crippen LogP) is 0.230. The highest BCUT2D eigenvalue weighted by molar-refractivity contribution is 6.31. The van der Waals surface area contributed by atoms with Crippen LogP contribution in [0, 0.1) is 17.8 Å². The molecule has 4 rings (SSSR count). The number of pyridine rings is 1. The lowest BCUT2D eigenvalue weighted by Gasteiger charge is -2.35. The molecule has 1 aromatic heterocycles. The van der Waals surface area contributed by atoms with Crippen LogP contribution < -0.4 is 27.4 Å². The average Bonchev–Trinajstić information content (AvgIpc) is 3.50. The smallest absolute Gasteiger partial charge is 0.244 e. The van der Waals surface area contributed by atoms with Crippen LogP contribution in [0.2, 0.25) is 5.02 Å². The molecule has 10 nitrogen and oxygen atoms in total. The highest BCUT2D eigenvalue weighted by atomic mass is 35.5. The van der Waals surface area contributed by atoms with E-state index < -0.39 is 41.1 Å². The Bertz CT molecular complexity index is 984. The van der Waals surface area contributed by atoms with Gasteiger partial charge in [-0.3, -0.25) is 24.2 Å². The van der Waals surface area contributed by atoms with E-state index in [1.54, 1.807) is 6.20 Å². The molecule has 0 bridgehead atoms. The topological polar surface area (TPSA) is 169 Å². The van der Waals surface area contributed by atoms with Crippen LogP contribution in [0.25, 0.3) is 0 Å². The Morgan fingerprint density at radius 3 is 2.58 bits per heavy atom. The van der Waals surface area contributed by atoms with Gasteiger partial charge in [-0.2, -0.15) is 0 Å². The Morgan fingerprint density at radius 1 is 1.21 bits per heavy atom. The average molecular weight is 477 g/mol. The maximum Gasteiger partial charge on any atom is 0.244 e. The minimum Gasteiger partial charge on any atom is -0.369 e. The fraction of sp³-hybridized carbons (Fsp3) is 0.591. The number of carbonyl (C=O) groups excluding carboxylic acids is 4. The van der Waals surface area contributed by atoms with Crippen molar-refractivity contribution >= 4 is 40.9 Å². The number of anilines is 1. The van der Waals surface area contributed by atoms with Gasteiger partial charge in [0.25, 0.3) is 0 Å². The molecular formula is C22H29ClN6O4. The fourth-order valence-corrected chi connectivity index (χ4v) is 5.15. The first kappa shape index (κ1) is 23.3. The highest BCUT2D eigenvalue weighted by Gasteiger charge is 2.53. The van der Waals surface area contributed by atoms with Gasteiger partial charge in [-0.05, 0) is 37.2 Å². The van der Waals surface area contributed by atoms with Crippen LogP contribution in [0.5, 0.6) is 0 Å². The molecule has 178 valence electrons. The lowest BCUT2D eigenvalue weighted by Crippen LogP contribution is -2.61. The molecule has 33 heavy (non-hydrogen) atoms. The molecule has 0 aromatic carbocycles. The van der Waals surface area contributed by atoms with Gasteiger partial charge in [0.2, 0.25) is 23.6 Å². The van der Waals surface area contributed by atoms with Crippen molar-refractivity contribution in [2.75, 3.05) is 11.9 Å². The zero-order chi connectivity index (χ0) is 23.8. The Balaban J connectivity index is 1.58. The van der Waals surface area contributed by atoms with Crippen LogP contribution in [-0.2, 0) is 25.6 Å². The van der Waals surface area contributed by atoms with Gasteiger partial charge in [0.15, 0.2) is 0 Å². The summed E-state index contributed by atoms with van der Waals surface area (Å²) in [7, 11) is 0. The molecule has 0 spiro atoms. The van der Waals surface area contributed by atoms with Crippen molar-refractivity contribution in [2.45, 2.75) is 56.5 Å². The van der Waals surface area contributed by atoms with E-state index in [0.29, 0.717) is 35.7 Å². The molecule has 1 aromatic rings. The van der Waals surface area contributed by atoms with E-state index in [4.69, 9.17) is 23.1 Å². The number of nitrogens with two attached hydrogens (primary N) is 2. The van der Waals surface area contributed by atoms with E-state index in [1.807, 2.05) is 0 Å². The number of nitrogens with one attached hydrogen (secondary N) is 3. The summed E-state index contributed by atoms with van der Waals surface area (Å²) in [4.78, 5) is 54.8. The molecule has 1 aliphatic carbocycles. The normalized spacial score (nSPS) is 25.8. The van der Waals surface area contributed by atoms with Crippen LogP contribution in [0.4, 0.5) is 5.69 Å². The molecule has 2 fully saturated rings. The number of carbonyl (C=O) groups is 4. The van der Waals surface area contributed by atoms with Crippen LogP contribution in [0.3, 0.4) is 0 Å². The van der Waals surface area contributed by atoms with Gasteiger partial charge in [-0.15, -0.1) is 0 Å². The second-order valence-corrected chi connectivity index (χ2v) is 9.75.